The van der Waals surface area contributed by atoms with Gasteiger partial charge in [0.15, 0.2) is 0 Å². The van der Waals surface area contributed by atoms with Crippen LogP contribution < -0.4 is 5.32 Å². The molecule has 2 aromatic rings. The standard InChI is InChI=1S/C22H29N3O/c1-6-17-12-19(24-22(26)14(3)4)20-18(13-25(7-2)21(20)23-17)16-10-8-15(5)9-11-16/h8-11,13-14,17,23H,6-7,12H2,1-5H3. The molecule has 3 rings (SSSR count). The molecule has 1 aromatic carbocycles. The summed E-state index contributed by atoms with van der Waals surface area (Å²) in [5.41, 5.74) is 5.58. The fourth-order valence-electron chi connectivity index (χ4n) is 3.39. The molecule has 1 N–H and O–H groups in total. The van der Waals surface area contributed by atoms with Crippen LogP contribution in [0.15, 0.2) is 35.5 Å². The molecule has 138 valence electrons. The normalized spacial score (nSPS) is 18.1. The predicted molar refractivity (Wildman–Crippen MR) is 109 cm³/mol. The second kappa shape index (κ2) is 7.48. The minimum atomic E-state index is -0.0861. The first-order valence-electron chi connectivity index (χ1n) is 9.63. The van der Waals surface area contributed by atoms with Crippen LogP contribution in [0.1, 0.15) is 51.7 Å². The molecule has 0 bridgehead atoms. The quantitative estimate of drug-likeness (QED) is 0.838. The van der Waals surface area contributed by atoms with Crippen LogP contribution in [0.2, 0.25) is 0 Å². The summed E-state index contributed by atoms with van der Waals surface area (Å²) in [6, 6.07) is 8.88. The molecule has 0 radical (unpaired) electrons. The molecular weight excluding hydrogens is 322 g/mol. The molecule has 0 spiro atoms. The number of hydrogen-bond acceptors (Lipinski definition) is 2. The Balaban J connectivity index is 2.19. The maximum Gasteiger partial charge on any atom is 0.248 e. The summed E-state index contributed by atoms with van der Waals surface area (Å²) in [6.45, 7) is 11.1. The highest BCUT2D eigenvalue weighted by Gasteiger charge is 2.29. The van der Waals surface area contributed by atoms with Gasteiger partial charge in [0.2, 0.25) is 5.91 Å². The Labute approximate surface area is 156 Å². The summed E-state index contributed by atoms with van der Waals surface area (Å²) >= 11 is 0. The average molecular weight is 351 g/mol. The highest BCUT2D eigenvalue weighted by Crippen LogP contribution is 2.37. The van der Waals surface area contributed by atoms with E-state index < -0.39 is 0 Å². The third-order valence-corrected chi connectivity index (χ3v) is 5.08. The Morgan fingerprint density at radius 3 is 2.54 bits per heavy atom. The number of aliphatic imine (C=N–C) groups is 1. The number of nitrogens with zero attached hydrogens (tertiary/aromatic N) is 2. The number of hydrogen-bond donors (Lipinski definition) is 1. The van der Waals surface area contributed by atoms with Gasteiger partial charge in [0, 0.05) is 42.2 Å². The summed E-state index contributed by atoms with van der Waals surface area (Å²) in [4.78, 5) is 16.9. The van der Waals surface area contributed by atoms with E-state index in [2.05, 4.69) is 66.1 Å². The van der Waals surface area contributed by atoms with Gasteiger partial charge in [-0.05, 0) is 25.8 Å². The number of carbonyl (C=O) groups excluding carboxylic acids is 1. The van der Waals surface area contributed by atoms with Crippen molar-refractivity contribution in [3.05, 3.63) is 41.6 Å². The lowest BCUT2D eigenvalue weighted by atomic mass is 9.92. The van der Waals surface area contributed by atoms with Crippen LogP contribution in [-0.2, 0) is 11.3 Å². The molecule has 4 nitrogen and oxygen atoms in total. The molecule has 1 aromatic heterocycles. The van der Waals surface area contributed by atoms with Gasteiger partial charge in [-0.2, -0.15) is 0 Å². The molecule has 4 heteroatoms. The summed E-state index contributed by atoms with van der Waals surface area (Å²) in [5.74, 6) is 0.968. The molecule has 1 aliphatic rings. The number of anilines is 1. The zero-order valence-corrected chi connectivity index (χ0v) is 16.5. The molecule has 1 atom stereocenters. The van der Waals surface area contributed by atoms with Crippen LogP contribution >= 0.6 is 0 Å². The predicted octanol–water partition coefficient (Wildman–Crippen LogP) is 5.05. The van der Waals surface area contributed by atoms with E-state index in [0.717, 1.165) is 42.0 Å². The van der Waals surface area contributed by atoms with Gasteiger partial charge in [-0.15, -0.1) is 0 Å². The van der Waals surface area contributed by atoms with Crippen LogP contribution in [0.3, 0.4) is 0 Å². The number of rotatable bonds is 4. The number of amides is 1. The fraction of sp³-hybridized carbons (Fsp3) is 0.455. The van der Waals surface area contributed by atoms with Crippen LogP contribution in [0.4, 0.5) is 5.82 Å². The summed E-state index contributed by atoms with van der Waals surface area (Å²) in [6.07, 6.45) is 3.98. The van der Waals surface area contributed by atoms with Gasteiger partial charge < -0.3 is 9.88 Å². The first kappa shape index (κ1) is 18.4. The lowest BCUT2D eigenvalue weighted by molar-refractivity contribution is -0.120. The van der Waals surface area contributed by atoms with E-state index in [9.17, 15) is 4.79 Å². The second-order valence-electron chi connectivity index (χ2n) is 7.42. The van der Waals surface area contributed by atoms with Crippen molar-refractivity contribution in [3.8, 4) is 11.1 Å². The molecule has 1 aliphatic heterocycles. The Kier molecular flexibility index (Phi) is 5.30. The van der Waals surface area contributed by atoms with Crippen molar-refractivity contribution in [2.45, 2.75) is 60.0 Å². The molecular formula is C22H29N3O. The lowest BCUT2D eigenvalue weighted by Gasteiger charge is -2.27. The number of carbonyl (C=O) groups is 1. The zero-order valence-electron chi connectivity index (χ0n) is 16.5. The first-order chi connectivity index (χ1) is 12.4. The fourth-order valence-corrected chi connectivity index (χ4v) is 3.39. The van der Waals surface area contributed by atoms with Crippen molar-refractivity contribution in [3.63, 3.8) is 0 Å². The number of aryl methyl sites for hydroxylation is 2. The van der Waals surface area contributed by atoms with Gasteiger partial charge in [0.25, 0.3) is 0 Å². The van der Waals surface area contributed by atoms with E-state index >= 15 is 0 Å². The number of nitrogens with one attached hydrogen (secondary N) is 1. The SMILES string of the molecule is CCC1CC(=NC(=O)C(C)C)c2c(-c3ccc(C)cc3)cn(CC)c2N1. The Morgan fingerprint density at radius 2 is 1.96 bits per heavy atom. The number of fused-ring (bicyclic) bond motifs is 1. The van der Waals surface area contributed by atoms with E-state index in [1.165, 1.54) is 11.1 Å². The van der Waals surface area contributed by atoms with Gasteiger partial charge in [-0.25, -0.2) is 4.99 Å². The van der Waals surface area contributed by atoms with Crippen LogP contribution in [0.25, 0.3) is 11.1 Å². The highest BCUT2D eigenvalue weighted by atomic mass is 16.1. The molecule has 1 amide bonds. The summed E-state index contributed by atoms with van der Waals surface area (Å²) in [7, 11) is 0. The van der Waals surface area contributed by atoms with Crippen LogP contribution in [-0.4, -0.2) is 22.2 Å². The van der Waals surface area contributed by atoms with Gasteiger partial charge in [0.1, 0.15) is 5.82 Å². The molecule has 0 fully saturated rings. The minimum absolute atomic E-state index is 0.0400. The topological polar surface area (TPSA) is 46.4 Å². The van der Waals surface area contributed by atoms with Crippen molar-refractivity contribution >= 4 is 17.4 Å². The molecule has 1 unspecified atom stereocenters. The Morgan fingerprint density at radius 1 is 1.27 bits per heavy atom. The Hall–Kier alpha value is -2.36. The Bertz CT molecular complexity index is 828. The number of benzene rings is 1. The minimum Gasteiger partial charge on any atom is -0.368 e. The third kappa shape index (κ3) is 3.46. The largest absolute Gasteiger partial charge is 0.368 e. The molecule has 0 saturated carbocycles. The summed E-state index contributed by atoms with van der Waals surface area (Å²) < 4.78 is 2.24. The number of aromatic nitrogens is 1. The molecule has 2 heterocycles. The van der Waals surface area contributed by atoms with Crippen LogP contribution in [0, 0.1) is 12.8 Å². The van der Waals surface area contributed by atoms with E-state index in [1.54, 1.807) is 0 Å². The zero-order chi connectivity index (χ0) is 18.8. The van der Waals surface area contributed by atoms with E-state index in [-0.39, 0.29) is 11.8 Å². The summed E-state index contributed by atoms with van der Waals surface area (Å²) in [5, 5.41) is 3.67. The van der Waals surface area contributed by atoms with Gasteiger partial charge >= 0.3 is 0 Å². The van der Waals surface area contributed by atoms with E-state index in [1.807, 2.05) is 13.8 Å². The van der Waals surface area contributed by atoms with Crippen molar-refractivity contribution < 1.29 is 4.79 Å². The average Bonchev–Trinajstić information content (AvgIpc) is 3.01. The van der Waals surface area contributed by atoms with Crippen molar-refractivity contribution in [2.75, 3.05) is 5.32 Å². The van der Waals surface area contributed by atoms with Crippen LogP contribution in [0.5, 0.6) is 0 Å². The van der Waals surface area contributed by atoms with Crippen molar-refractivity contribution in [2.24, 2.45) is 10.9 Å². The maximum absolute atomic E-state index is 12.4. The monoisotopic (exact) mass is 351 g/mol. The van der Waals surface area contributed by atoms with E-state index in [4.69, 9.17) is 0 Å². The molecule has 26 heavy (non-hydrogen) atoms. The van der Waals surface area contributed by atoms with Gasteiger partial charge in [-0.1, -0.05) is 50.6 Å². The second-order valence-corrected chi connectivity index (χ2v) is 7.42. The van der Waals surface area contributed by atoms with Gasteiger partial charge in [-0.3, -0.25) is 4.79 Å². The van der Waals surface area contributed by atoms with Gasteiger partial charge in [0.05, 0.1) is 5.71 Å². The molecule has 0 saturated heterocycles. The van der Waals surface area contributed by atoms with Crippen molar-refractivity contribution in [1.82, 2.24) is 4.57 Å². The maximum atomic E-state index is 12.4. The van der Waals surface area contributed by atoms with E-state index in [0.29, 0.717) is 6.04 Å². The lowest BCUT2D eigenvalue weighted by Crippen LogP contribution is -2.31. The first-order valence-corrected chi connectivity index (χ1v) is 9.63. The highest BCUT2D eigenvalue weighted by molar-refractivity contribution is 6.15. The molecule has 0 aliphatic carbocycles. The third-order valence-electron chi connectivity index (χ3n) is 5.08. The smallest absolute Gasteiger partial charge is 0.248 e. The van der Waals surface area contributed by atoms with Crippen molar-refractivity contribution in [1.29, 1.82) is 0 Å².